The van der Waals surface area contributed by atoms with Crippen molar-refractivity contribution >= 4 is 10.0 Å². The highest BCUT2D eigenvalue weighted by Crippen LogP contribution is 2.21. The second-order valence-electron chi connectivity index (χ2n) is 5.81. The predicted octanol–water partition coefficient (Wildman–Crippen LogP) is 1.05. The highest BCUT2D eigenvalue weighted by molar-refractivity contribution is 7.89. The van der Waals surface area contributed by atoms with Crippen molar-refractivity contribution in [2.45, 2.75) is 43.8 Å². The Balaban J connectivity index is 1.69. The first-order valence-electron chi connectivity index (χ1n) is 7.66. The third-order valence-corrected chi connectivity index (χ3v) is 5.95. The molecule has 0 radical (unpaired) electrons. The van der Waals surface area contributed by atoms with Crippen LogP contribution in [0.15, 0.2) is 23.1 Å². The first-order valence-corrected chi connectivity index (χ1v) is 9.14. The van der Waals surface area contributed by atoms with Crippen LogP contribution in [0.25, 0.3) is 0 Å². The third-order valence-electron chi connectivity index (χ3n) is 4.53. The normalized spacial score (nSPS) is 22.6. The minimum Gasteiger partial charge on any atom is -0.309 e. The van der Waals surface area contributed by atoms with E-state index in [9.17, 15) is 8.42 Å². The number of likely N-dealkylation sites (tertiary alicyclic amines) is 1. The molecule has 0 saturated carbocycles. The van der Waals surface area contributed by atoms with Crippen LogP contribution >= 0.6 is 0 Å². The van der Waals surface area contributed by atoms with Gasteiger partial charge in [-0.2, -0.15) is 0 Å². The van der Waals surface area contributed by atoms with E-state index < -0.39 is 10.0 Å². The smallest absolute Gasteiger partial charge is 0.240 e. The van der Waals surface area contributed by atoms with Gasteiger partial charge in [0.2, 0.25) is 10.0 Å². The van der Waals surface area contributed by atoms with E-state index in [1.54, 1.807) is 12.1 Å². The van der Waals surface area contributed by atoms with Gasteiger partial charge in [0.15, 0.2) is 0 Å². The molecule has 2 aliphatic rings. The van der Waals surface area contributed by atoms with Gasteiger partial charge in [-0.25, -0.2) is 13.1 Å². The predicted molar refractivity (Wildman–Crippen MR) is 82.4 cm³/mol. The van der Waals surface area contributed by atoms with Crippen LogP contribution in [0.1, 0.15) is 30.9 Å². The molecule has 2 aliphatic heterocycles. The van der Waals surface area contributed by atoms with Crippen molar-refractivity contribution < 1.29 is 8.42 Å². The van der Waals surface area contributed by atoms with E-state index in [1.165, 1.54) is 5.56 Å². The number of nitrogens with one attached hydrogen (secondary N) is 2. The molecule has 116 valence electrons. The molecular formula is C15H23N3O2S. The van der Waals surface area contributed by atoms with E-state index >= 15 is 0 Å². The second-order valence-corrected chi connectivity index (χ2v) is 7.58. The van der Waals surface area contributed by atoms with Gasteiger partial charge in [-0.15, -0.1) is 0 Å². The molecule has 21 heavy (non-hydrogen) atoms. The number of fused-ring (bicyclic) bond motifs is 1. The van der Waals surface area contributed by atoms with E-state index in [1.807, 2.05) is 6.07 Å². The molecule has 0 aromatic heterocycles. The van der Waals surface area contributed by atoms with Gasteiger partial charge < -0.3 is 5.32 Å². The summed E-state index contributed by atoms with van der Waals surface area (Å²) >= 11 is 0. The summed E-state index contributed by atoms with van der Waals surface area (Å²) in [5.41, 5.74) is 2.29. The number of benzene rings is 1. The summed E-state index contributed by atoms with van der Waals surface area (Å²) in [5, 5.41) is 3.23. The summed E-state index contributed by atoms with van der Waals surface area (Å²) in [6.07, 6.45) is 2.23. The Labute approximate surface area is 126 Å². The molecule has 0 amide bonds. The lowest BCUT2D eigenvalue weighted by molar-refractivity contribution is 0.268. The van der Waals surface area contributed by atoms with Crippen LogP contribution in [0.3, 0.4) is 0 Å². The van der Waals surface area contributed by atoms with Gasteiger partial charge in [-0.1, -0.05) is 13.0 Å². The topological polar surface area (TPSA) is 61.4 Å². The molecule has 1 fully saturated rings. The minimum atomic E-state index is -3.41. The monoisotopic (exact) mass is 309 g/mol. The van der Waals surface area contributed by atoms with Gasteiger partial charge in [0, 0.05) is 25.7 Å². The molecular weight excluding hydrogens is 286 g/mol. The summed E-state index contributed by atoms with van der Waals surface area (Å²) in [7, 11) is -3.41. The highest BCUT2D eigenvalue weighted by atomic mass is 32.2. The maximum atomic E-state index is 12.4. The molecule has 3 rings (SSSR count). The largest absolute Gasteiger partial charge is 0.309 e. The van der Waals surface area contributed by atoms with E-state index in [2.05, 4.69) is 21.9 Å². The molecule has 0 aliphatic carbocycles. The molecule has 2 N–H and O–H groups in total. The molecule has 2 heterocycles. The van der Waals surface area contributed by atoms with Crippen molar-refractivity contribution in [3.05, 3.63) is 29.3 Å². The average molecular weight is 309 g/mol. The van der Waals surface area contributed by atoms with E-state index in [0.717, 1.165) is 44.6 Å². The van der Waals surface area contributed by atoms with Crippen LogP contribution in [0.2, 0.25) is 0 Å². The Hall–Kier alpha value is -0.950. The van der Waals surface area contributed by atoms with E-state index in [0.29, 0.717) is 17.5 Å². The minimum absolute atomic E-state index is 0.334. The van der Waals surface area contributed by atoms with Crippen molar-refractivity contribution in [2.24, 2.45) is 0 Å². The van der Waals surface area contributed by atoms with Crippen LogP contribution in [0, 0.1) is 0 Å². The van der Waals surface area contributed by atoms with Gasteiger partial charge in [-0.05, 0) is 49.2 Å². The molecule has 1 aromatic carbocycles. The highest BCUT2D eigenvalue weighted by Gasteiger charge is 2.25. The molecule has 0 spiro atoms. The van der Waals surface area contributed by atoms with Crippen LogP contribution < -0.4 is 10.0 Å². The molecule has 1 saturated heterocycles. The van der Waals surface area contributed by atoms with Crippen molar-refractivity contribution in [2.75, 3.05) is 19.6 Å². The Morgan fingerprint density at radius 2 is 2.14 bits per heavy atom. The number of likely N-dealkylation sites (N-methyl/N-ethyl adjacent to an activating group) is 1. The molecule has 0 bridgehead atoms. The molecule has 5 nitrogen and oxygen atoms in total. The van der Waals surface area contributed by atoms with Crippen molar-refractivity contribution in [1.82, 2.24) is 14.9 Å². The summed E-state index contributed by atoms with van der Waals surface area (Å²) in [5.74, 6) is 0. The van der Waals surface area contributed by atoms with Gasteiger partial charge in [0.25, 0.3) is 0 Å². The first-order chi connectivity index (χ1) is 10.1. The Morgan fingerprint density at radius 3 is 2.95 bits per heavy atom. The van der Waals surface area contributed by atoms with Crippen molar-refractivity contribution in [3.8, 4) is 0 Å². The van der Waals surface area contributed by atoms with Gasteiger partial charge in [-0.3, -0.25) is 4.90 Å². The lowest BCUT2D eigenvalue weighted by atomic mass is 10.1. The van der Waals surface area contributed by atoms with Crippen LogP contribution in [0.5, 0.6) is 0 Å². The average Bonchev–Trinajstić information content (AvgIpc) is 3.12. The lowest BCUT2D eigenvalue weighted by Crippen LogP contribution is -2.40. The summed E-state index contributed by atoms with van der Waals surface area (Å²) in [6, 6.07) is 5.75. The summed E-state index contributed by atoms with van der Waals surface area (Å²) in [4.78, 5) is 2.72. The fourth-order valence-electron chi connectivity index (χ4n) is 3.27. The SMILES string of the molecule is CCN1CCCC1CNS(=O)(=O)c1ccc2c(c1)CNC2. The molecule has 1 aromatic rings. The Morgan fingerprint density at radius 1 is 1.33 bits per heavy atom. The number of rotatable bonds is 5. The molecule has 1 atom stereocenters. The maximum absolute atomic E-state index is 12.4. The quantitative estimate of drug-likeness (QED) is 0.853. The number of sulfonamides is 1. The zero-order valence-corrected chi connectivity index (χ0v) is 13.2. The Kier molecular flexibility index (Phi) is 4.31. The number of hydrogen-bond donors (Lipinski definition) is 2. The van der Waals surface area contributed by atoms with Crippen molar-refractivity contribution in [3.63, 3.8) is 0 Å². The molecule has 6 heteroatoms. The van der Waals surface area contributed by atoms with Gasteiger partial charge in [0.05, 0.1) is 4.90 Å². The Bertz CT molecular complexity index is 615. The maximum Gasteiger partial charge on any atom is 0.240 e. The standard InChI is InChI=1S/C15H23N3O2S/c1-2-18-7-3-4-14(18)11-17-21(19,20)15-6-5-12-9-16-10-13(12)8-15/h5-6,8,14,16-17H,2-4,7,9-11H2,1H3. The zero-order valence-electron chi connectivity index (χ0n) is 12.4. The fourth-order valence-corrected chi connectivity index (χ4v) is 4.39. The molecule has 1 unspecified atom stereocenters. The van der Waals surface area contributed by atoms with Crippen LogP contribution in [0.4, 0.5) is 0 Å². The third kappa shape index (κ3) is 3.13. The zero-order chi connectivity index (χ0) is 14.9. The fraction of sp³-hybridized carbons (Fsp3) is 0.600. The van der Waals surface area contributed by atoms with Gasteiger partial charge in [0.1, 0.15) is 0 Å². The van der Waals surface area contributed by atoms with E-state index in [-0.39, 0.29) is 0 Å². The van der Waals surface area contributed by atoms with E-state index in [4.69, 9.17) is 0 Å². The lowest BCUT2D eigenvalue weighted by Gasteiger charge is -2.22. The summed E-state index contributed by atoms with van der Waals surface area (Å²) in [6.45, 7) is 6.28. The second kappa shape index (κ2) is 6.04. The van der Waals surface area contributed by atoms with Crippen molar-refractivity contribution in [1.29, 1.82) is 0 Å². The first kappa shape index (κ1) is 15.0. The van der Waals surface area contributed by atoms with Gasteiger partial charge >= 0.3 is 0 Å². The van der Waals surface area contributed by atoms with Crippen LogP contribution in [-0.2, 0) is 23.1 Å². The summed E-state index contributed by atoms with van der Waals surface area (Å²) < 4.78 is 27.7. The number of hydrogen-bond acceptors (Lipinski definition) is 4. The van der Waals surface area contributed by atoms with Crippen LogP contribution in [-0.4, -0.2) is 39.0 Å². The number of nitrogens with zero attached hydrogens (tertiary/aromatic N) is 1.